The van der Waals surface area contributed by atoms with Crippen LogP contribution in [0.1, 0.15) is 25.7 Å². The van der Waals surface area contributed by atoms with E-state index in [0.717, 1.165) is 45.3 Å². The molecule has 1 saturated heterocycles. The van der Waals surface area contributed by atoms with Gasteiger partial charge in [-0.3, -0.25) is 0 Å². The Morgan fingerprint density at radius 1 is 1.17 bits per heavy atom. The summed E-state index contributed by atoms with van der Waals surface area (Å²) in [6, 6.07) is 6.77. The molecule has 2 fully saturated rings. The predicted molar refractivity (Wildman–Crippen MR) is 84.1 cm³/mol. The van der Waals surface area contributed by atoms with Crippen molar-refractivity contribution in [2.45, 2.75) is 37.9 Å². The third-order valence-corrected chi connectivity index (χ3v) is 4.51. The van der Waals surface area contributed by atoms with E-state index in [4.69, 9.17) is 0 Å². The predicted octanol–water partition coefficient (Wildman–Crippen LogP) is 3.12. The van der Waals surface area contributed by atoms with E-state index in [1.165, 1.54) is 6.07 Å². The van der Waals surface area contributed by atoms with Gasteiger partial charge in [0.05, 0.1) is 5.69 Å². The number of anilines is 1. The van der Waals surface area contributed by atoms with E-state index in [1.807, 2.05) is 0 Å². The van der Waals surface area contributed by atoms with Crippen LogP contribution in [-0.2, 0) is 4.79 Å². The second kappa shape index (κ2) is 7.01. The average Bonchev–Trinajstić information content (AvgIpc) is 3.37. The number of halogens is 3. The quantitative estimate of drug-likeness (QED) is 0.659. The molecule has 0 aromatic heterocycles. The van der Waals surface area contributed by atoms with Crippen molar-refractivity contribution in [2.75, 3.05) is 24.5 Å². The lowest BCUT2D eigenvalue weighted by atomic mass is 10.0. The highest BCUT2D eigenvalue weighted by atomic mass is 19.4. The van der Waals surface area contributed by atoms with Gasteiger partial charge in [0.1, 0.15) is 0 Å². The van der Waals surface area contributed by atoms with Crippen LogP contribution >= 0.6 is 0 Å². The van der Waals surface area contributed by atoms with Gasteiger partial charge in [-0.15, -0.1) is 0 Å². The van der Waals surface area contributed by atoms with Crippen LogP contribution in [0.3, 0.4) is 0 Å². The first-order valence-electron chi connectivity index (χ1n) is 8.30. The second-order valence-corrected chi connectivity index (χ2v) is 6.43. The first-order valence-corrected chi connectivity index (χ1v) is 8.30. The Morgan fingerprint density at radius 3 is 2.46 bits per heavy atom. The van der Waals surface area contributed by atoms with Gasteiger partial charge in [-0.1, -0.05) is 12.1 Å². The van der Waals surface area contributed by atoms with Gasteiger partial charge < -0.3 is 15.0 Å². The Bertz CT molecular complexity index is 581. The number of benzene rings is 1. The maximum Gasteiger partial charge on any atom is 0.491 e. The number of nitrogens with one attached hydrogen (secondary N) is 1. The molecule has 1 heterocycles. The summed E-state index contributed by atoms with van der Waals surface area (Å²) in [5.41, 5.74) is 0.578. The monoisotopic (exact) mass is 342 g/mol. The summed E-state index contributed by atoms with van der Waals surface area (Å²) in [4.78, 5) is 13.4. The lowest BCUT2D eigenvalue weighted by Gasteiger charge is -2.37. The molecule has 2 aliphatic rings. The molecule has 1 aliphatic heterocycles. The number of rotatable bonds is 5. The van der Waals surface area contributed by atoms with Gasteiger partial charge in [0.15, 0.2) is 5.75 Å². The zero-order valence-corrected chi connectivity index (χ0v) is 13.3. The van der Waals surface area contributed by atoms with Gasteiger partial charge in [-0.2, -0.15) is 13.2 Å². The highest BCUT2D eigenvalue weighted by Crippen LogP contribution is 2.37. The zero-order valence-electron chi connectivity index (χ0n) is 13.3. The van der Waals surface area contributed by atoms with Gasteiger partial charge in [0.2, 0.25) is 0 Å². The van der Waals surface area contributed by atoms with Crippen molar-refractivity contribution < 1.29 is 22.7 Å². The number of nitrogens with zero attached hydrogens (tertiary/aromatic N) is 1. The van der Waals surface area contributed by atoms with Gasteiger partial charge in [-0.05, 0) is 56.8 Å². The molecule has 132 valence electrons. The molecule has 1 saturated carbocycles. The Hall–Kier alpha value is -1.76. The van der Waals surface area contributed by atoms with Gasteiger partial charge in [0, 0.05) is 12.6 Å². The number of hydrogen-bond donors (Lipinski definition) is 1. The van der Waals surface area contributed by atoms with Crippen LogP contribution in [0.2, 0.25) is 0 Å². The molecule has 7 heteroatoms. The molecule has 0 amide bonds. The Balaban J connectivity index is 1.84. The number of alkyl halides is 3. The maximum atomic E-state index is 12.5. The lowest BCUT2D eigenvalue weighted by molar-refractivity contribution is -0.189. The zero-order chi connectivity index (χ0) is 17.2. The molecule has 1 aromatic carbocycles. The normalized spacial score (nSPS) is 19.1. The first-order chi connectivity index (χ1) is 11.4. The minimum absolute atomic E-state index is 0.0148. The third kappa shape index (κ3) is 4.20. The second-order valence-electron chi connectivity index (χ2n) is 6.43. The van der Waals surface area contributed by atoms with Crippen molar-refractivity contribution >= 4 is 11.7 Å². The number of hydrogen-bond acceptors (Lipinski definition) is 4. The Labute approximate surface area is 139 Å². The summed E-state index contributed by atoms with van der Waals surface area (Å²) >= 11 is 0. The standard InChI is InChI=1S/C17H21F3N2O2/c18-17(19,20)16(23)24-15-4-2-1-3-14(15)22(11-12-5-6-12)13-7-9-21-10-8-13/h1-4,12-13,21H,5-11H2. The van der Waals surface area contributed by atoms with E-state index < -0.39 is 12.1 Å². The van der Waals surface area contributed by atoms with E-state index in [-0.39, 0.29) is 11.8 Å². The minimum atomic E-state index is -5.00. The van der Waals surface area contributed by atoms with E-state index in [1.54, 1.807) is 18.2 Å². The number of para-hydroxylation sites is 2. The summed E-state index contributed by atoms with van der Waals surface area (Å²) in [6.45, 7) is 2.57. The molecule has 1 aliphatic carbocycles. The smallest absolute Gasteiger partial charge is 0.418 e. The number of esters is 1. The molecule has 4 nitrogen and oxygen atoms in total. The molecule has 0 bridgehead atoms. The largest absolute Gasteiger partial charge is 0.491 e. The van der Waals surface area contributed by atoms with E-state index in [9.17, 15) is 18.0 Å². The van der Waals surface area contributed by atoms with Crippen LogP contribution in [-0.4, -0.2) is 37.8 Å². The topological polar surface area (TPSA) is 41.6 Å². The fourth-order valence-corrected chi connectivity index (χ4v) is 3.08. The molecular formula is C17H21F3N2O2. The van der Waals surface area contributed by atoms with Gasteiger partial charge in [-0.25, -0.2) is 4.79 Å². The minimum Gasteiger partial charge on any atom is -0.418 e. The fourth-order valence-electron chi connectivity index (χ4n) is 3.08. The molecule has 0 spiro atoms. The number of piperidine rings is 1. The molecule has 24 heavy (non-hydrogen) atoms. The number of carbonyl (C=O) groups is 1. The molecule has 1 aromatic rings. The highest BCUT2D eigenvalue weighted by Gasteiger charge is 2.42. The van der Waals surface area contributed by atoms with E-state index >= 15 is 0 Å². The van der Waals surface area contributed by atoms with Crippen molar-refractivity contribution in [3.05, 3.63) is 24.3 Å². The number of ether oxygens (including phenoxy) is 1. The summed E-state index contributed by atoms with van der Waals surface area (Å²) in [7, 11) is 0. The third-order valence-electron chi connectivity index (χ3n) is 4.51. The summed E-state index contributed by atoms with van der Waals surface area (Å²) in [5, 5.41) is 3.30. The molecule has 0 radical (unpaired) electrons. The average molecular weight is 342 g/mol. The van der Waals surface area contributed by atoms with Gasteiger partial charge >= 0.3 is 12.1 Å². The van der Waals surface area contributed by atoms with E-state index in [2.05, 4.69) is 15.0 Å². The van der Waals surface area contributed by atoms with Crippen molar-refractivity contribution in [1.82, 2.24) is 5.32 Å². The number of carbonyl (C=O) groups excluding carboxylic acids is 1. The molecule has 1 N–H and O–H groups in total. The van der Waals surface area contributed by atoms with Crippen LogP contribution in [0.15, 0.2) is 24.3 Å². The first kappa shape index (κ1) is 17.1. The van der Waals surface area contributed by atoms with E-state index in [0.29, 0.717) is 11.6 Å². The summed E-state index contributed by atoms with van der Waals surface area (Å²) in [6.07, 6.45) is -0.857. The maximum absolute atomic E-state index is 12.5. The van der Waals surface area contributed by atoms with Crippen molar-refractivity contribution in [1.29, 1.82) is 0 Å². The van der Waals surface area contributed by atoms with Crippen LogP contribution in [0.4, 0.5) is 18.9 Å². The SMILES string of the molecule is O=C(Oc1ccccc1N(CC1CC1)C1CCNCC1)C(F)(F)F. The van der Waals surface area contributed by atoms with Crippen molar-refractivity contribution in [3.8, 4) is 5.75 Å². The highest BCUT2D eigenvalue weighted by molar-refractivity contribution is 5.80. The lowest BCUT2D eigenvalue weighted by Crippen LogP contribution is -2.44. The molecule has 0 atom stereocenters. The van der Waals surface area contributed by atoms with Crippen LogP contribution in [0.5, 0.6) is 5.75 Å². The van der Waals surface area contributed by atoms with Crippen LogP contribution in [0.25, 0.3) is 0 Å². The summed E-state index contributed by atoms with van der Waals surface area (Å²) < 4.78 is 42.3. The van der Waals surface area contributed by atoms with Crippen LogP contribution < -0.4 is 15.0 Å². The fraction of sp³-hybridized carbons (Fsp3) is 0.588. The molecular weight excluding hydrogens is 321 g/mol. The Morgan fingerprint density at radius 2 is 1.83 bits per heavy atom. The van der Waals surface area contributed by atoms with Crippen molar-refractivity contribution in [2.24, 2.45) is 5.92 Å². The Kier molecular flexibility index (Phi) is 4.99. The van der Waals surface area contributed by atoms with Crippen LogP contribution in [0, 0.1) is 5.92 Å². The molecule has 3 rings (SSSR count). The van der Waals surface area contributed by atoms with Gasteiger partial charge in [0.25, 0.3) is 0 Å². The summed E-state index contributed by atoms with van der Waals surface area (Å²) in [5.74, 6) is -1.61. The van der Waals surface area contributed by atoms with Crippen molar-refractivity contribution in [3.63, 3.8) is 0 Å². The molecule has 0 unspecified atom stereocenters.